The zero-order chi connectivity index (χ0) is 13.8. The Hall–Kier alpha value is -2.81. The molecule has 98 valence electrons. The first kappa shape index (κ1) is 12.6. The molecule has 0 aliphatic rings. The molecule has 1 aromatic heterocycles. The van der Waals surface area contributed by atoms with E-state index >= 15 is 0 Å². The summed E-state index contributed by atoms with van der Waals surface area (Å²) in [5.74, 6) is 5.27. The first-order valence-electron chi connectivity index (χ1n) is 5.25. The summed E-state index contributed by atoms with van der Waals surface area (Å²) in [6.45, 7) is 0. The second-order valence-corrected chi connectivity index (χ2v) is 3.65. The minimum Gasteiger partial charge on any atom is -0.294 e. The predicted molar refractivity (Wildman–Crippen MR) is 64.5 cm³/mol. The van der Waals surface area contributed by atoms with Crippen LogP contribution in [0.15, 0.2) is 24.3 Å². The third kappa shape index (κ3) is 2.90. The number of hydrogen-bond donors (Lipinski definition) is 3. The standard InChI is InChI=1S/C10H10N6O3/c11-13-9(17)5-8-12-10(15-14-8)6-1-3-7(4-2-6)16(18)19/h1-4H,5,11H2,(H,13,17)(H,12,14,15). The number of amides is 1. The Morgan fingerprint density at radius 1 is 1.42 bits per heavy atom. The van der Waals surface area contributed by atoms with Crippen LogP contribution in [0.25, 0.3) is 11.4 Å². The van der Waals surface area contributed by atoms with Gasteiger partial charge in [-0.3, -0.25) is 25.4 Å². The van der Waals surface area contributed by atoms with E-state index in [-0.39, 0.29) is 12.1 Å². The third-order valence-corrected chi connectivity index (χ3v) is 2.36. The van der Waals surface area contributed by atoms with Crippen LogP contribution in [0.4, 0.5) is 5.69 Å². The van der Waals surface area contributed by atoms with Gasteiger partial charge in [-0.15, -0.1) is 0 Å². The molecule has 9 nitrogen and oxygen atoms in total. The zero-order valence-electron chi connectivity index (χ0n) is 9.66. The lowest BCUT2D eigenvalue weighted by molar-refractivity contribution is -0.384. The smallest absolute Gasteiger partial charge is 0.269 e. The van der Waals surface area contributed by atoms with E-state index < -0.39 is 10.8 Å². The van der Waals surface area contributed by atoms with Crippen molar-refractivity contribution in [2.24, 2.45) is 5.84 Å². The number of nitrogens with one attached hydrogen (secondary N) is 2. The molecule has 0 radical (unpaired) electrons. The van der Waals surface area contributed by atoms with E-state index in [4.69, 9.17) is 5.84 Å². The number of nitro benzene ring substituents is 1. The molecule has 4 N–H and O–H groups in total. The third-order valence-electron chi connectivity index (χ3n) is 2.36. The van der Waals surface area contributed by atoms with E-state index in [2.05, 4.69) is 15.2 Å². The maximum absolute atomic E-state index is 11.0. The molecule has 1 aromatic carbocycles. The molecule has 2 rings (SSSR count). The Kier molecular flexibility index (Phi) is 3.48. The molecule has 1 amide bonds. The molecule has 0 spiro atoms. The summed E-state index contributed by atoms with van der Waals surface area (Å²) in [5.41, 5.74) is 2.58. The van der Waals surface area contributed by atoms with Crippen LogP contribution in [0, 0.1) is 10.1 Å². The Morgan fingerprint density at radius 3 is 2.68 bits per heavy atom. The van der Waals surface area contributed by atoms with Crippen molar-refractivity contribution in [3.63, 3.8) is 0 Å². The first-order valence-corrected chi connectivity index (χ1v) is 5.25. The fourth-order valence-corrected chi connectivity index (χ4v) is 1.44. The van der Waals surface area contributed by atoms with Gasteiger partial charge < -0.3 is 0 Å². The Morgan fingerprint density at radius 2 is 2.11 bits per heavy atom. The maximum Gasteiger partial charge on any atom is 0.269 e. The van der Waals surface area contributed by atoms with Crippen molar-refractivity contribution in [1.29, 1.82) is 0 Å². The van der Waals surface area contributed by atoms with E-state index in [1.165, 1.54) is 24.3 Å². The van der Waals surface area contributed by atoms with Crippen LogP contribution < -0.4 is 11.3 Å². The van der Waals surface area contributed by atoms with Crippen molar-refractivity contribution >= 4 is 11.6 Å². The lowest BCUT2D eigenvalue weighted by Crippen LogP contribution is -2.31. The number of carbonyl (C=O) groups excluding carboxylic acids is 1. The van der Waals surface area contributed by atoms with Gasteiger partial charge in [0.15, 0.2) is 5.82 Å². The van der Waals surface area contributed by atoms with Crippen LogP contribution in [0.2, 0.25) is 0 Å². The average Bonchev–Trinajstić information content (AvgIpc) is 2.87. The molecule has 0 saturated carbocycles. The highest BCUT2D eigenvalue weighted by molar-refractivity contribution is 5.77. The highest BCUT2D eigenvalue weighted by Gasteiger charge is 2.10. The minimum atomic E-state index is -0.487. The van der Waals surface area contributed by atoms with Gasteiger partial charge in [-0.25, -0.2) is 10.8 Å². The van der Waals surface area contributed by atoms with Crippen molar-refractivity contribution in [3.8, 4) is 11.4 Å². The number of nitrogens with two attached hydrogens (primary N) is 1. The van der Waals surface area contributed by atoms with E-state index in [1.807, 2.05) is 5.43 Å². The molecular formula is C10H10N6O3. The van der Waals surface area contributed by atoms with Crippen LogP contribution in [-0.2, 0) is 11.2 Å². The number of hydrogen-bond acceptors (Lipinski definition) is 6. The van der Waals surface area contributed by atoms with Gasteiger partial charge in [0.05, 0.1) is 11.3 Å². The normalized spacial score (nSPS) is 10.2. The van der Waals surface area contributed by atoms with Crippen molar-refractivity contribution in [3.05, 3.63) is 40.2 Å². The fourth-order valence-electron chi connectivity index (χ4n) is 1.44. The average molecular weight is 262 g/mol. The summed E-state index contributed by atoms with van der Waals surface area (Å²) >= 11 is 0. The summed E-state index contributed by atoms with van der Waals surface area (Å²) in [6.07, 6.45) is -0.0174. The van der Waals surface area contributed by atoms with Gasteiger partial charge in [-0.05, 0) is 12.1 Å². The first-order chi connectivity index (χ1) is 9.10. The maximum atomic E-state index is 11.0. The summed E-state index contributed by atoms with van der Waals surface area (Å²) in [7, 11) is 0. The van der Waals surface area contributed by atoms with Crippen LogP contribution in [0.3, 0.4) is 0 Å². The molecule has 0 saturated heterocycles. The molecule has 2 aromatic rings. The topological polar surface area (TPSA) is 140 Å². The molecule has 0 aliphatic heterocycles. The van der Waals surface area contributed by atoms with Crippen LogP contribution >= 0.6 is 0 Å². The lowest BCUT2D eigenvalue weighted by Gasteiger charge is -1.95. The molecule has 0 aliphatic carbocycles. The van der Waals surface area contributed by atoms with E-state index in [0.29, 0.717) is 17.2 Å². The van der Waals surface area contributed by atoms with Crippen LogP contribution in [0.1, 0.15) is 5.82 Å². The summed E-state index contributed by atoms with van der Waals surface area (Å²) < 4.78 is 0. The number of non-ortho nitro benzene ring substituents is 1. The zero-order valence-corrected chi connectivity index (χ0v) is 9.66. The number of hydrazine groups is 1. The predicted octanol–water partition coefficient (Wildman–Crippen LogP) is -0.0877. The highest BCUT2D eigenvalue weighted by Crippen LogP contribution is 2.19. The van der Waals surface area contributed by atoms with Crippen LogP contribution in [-0.4, -0.2) is 26.0 Å². The molecule has 0 fully saturated rings. The Balaban J connectivity index is 2.18. The number of H-pyrrole nitrogens is 1. The van der Waals surface area contributed by atoms with E-state index in [9.17, 15) is 14.9 Å². The van der Waals surface area contributed by atoms with Gasteiger partial charge in [0.1, 0.15) is 5.82 Å². The lowest BCUT2D eigenvalue weighted by atomic mass is 10.2. The van der Waals surface area contributed by atoms with Gasteiger partial charge in [0.2, 0.25) is 5.91 Å². The molecule has 1 heterocycles. The second kappa shape index (κ2) is 5.23. The number of carbonyl (C=O) groups is 1. The largest absolute Gasteiger partial charge is 0.294 e. The molecular weight excluding hydrogens is 252 g/mol. The van der Waals surface area contributed by atoms with Crippen molar-refractivity contribution in [2.75, 3.05) is 0 Å². The molecule has 9 heteroatoms. The van der Waals surface area contributed by atoms with Gasteiger partial charge >= 0.3 is 0 Å². The summed E-state index contributed by atoms with van der Waals surface area (Å²) in [5, 5.41) is 17.0. The fraction of sp³-hybridized carbons (Fsp3) is 0.100. The number of nitrogens with zero attached hydrogens (tertiary/aromatic N) is 3. The van der Waals surface area contributed by atoms with Crippen molar-refractivity contribution in [2.45, 2.75) is 6.42 Å². The minimum absolute atomic E-state index is 0.0120. The summed E-state index contributed by atoms with van der Waals surface area (Å²) in [6, 6.07) is 5.79. The van der Waals surface area contributed by atoms with Crippen molar-refractivity contribution in [1.82, 2.24) is 20.6 Å². The number of rotatable bonds is 4. The number of nitro groups is 1. The molecule has 0 bridgehead atoms. The van der Waals surface area contributed by atoms with Gasteiger partial charge in [0.25, 0.3) is 5.69 Å². The van der Waals surface area contributed by atoms with E-state index in [0.717, 1.165) is 0 Å². The molecule has 0 unspecified atom stereocenters. The molecule has 19 heavy (non-hydrogen) atoms. The Labute approximate surface area is 107 Å². The number of aromatic nitrogens is 3. The SMILES string of the molecule is NNC(=O)Cc1nc(-c2ccc([N+](=O)[O-])cc2)n[nH]1. The van der Waals surface area contributed by atoms with Gasteiger partial charge in [-0.1, -0.05) is 0 Å². The Bertz CT molecular complexity index is 606. The van der Waals surface area contributed by atoms with E-state index in [1.54, 1.807) is 0 Å². The van der Waals surface area contributed by atoms with Gasteiger partial charge in [0, 0.05) is 17.7 Å². The number of benzene rings is 1. The quantitative estimate of drug-likeness (QED) is 0.304. The highest BCUT2D eigenvalue weighted by atomic mass is 16.6. The summed E-state index contributed by atoms with van der Waals surface area (Å²) in [4.78, 5) is 25.2. The molecule has 0 atom stereocenters. The second-order valence-electron chi connectivity index (χ2n) is 3.65. The van der Waals surface area contributed by atoms with Crippen molar-refractivity contribution < 1.29 is 9.72 Å². The van der Waals surface area contributed by atoms with Gasteiger partial charge in [-0.2, -0.15) is 5.10 Å². The monoisotopic (exact) mass is 262 g/mol. The van der Waals surface area contributed by atoms with Crippen LogP contribution in [0.5, 0.6) is 0 Å². The number of aromatic amines is 1.